The molecule has 6 nitrogen and oxygen atoms in total. The van der Waals surface area contributed by atoms with Crippen molar-refractivity contribution in [1.82, 2.24) is 15.3 Å². The molecule has 1 amide bonds. The molecular formula is C13H20BrClN4O2. The molecular weight excluding hydrogens is 360 g/mol. The minimum atomic E-state index is -0.551. The number of nitrogens with zero attached hydrogens (tertiary/aromatic N) is 2. The largest absolute Gasteiger partial charge is 0.444 e. The van der Waals surface area contributed by atoms with Crippen molar-refractivity contribution in [2.45, 2.75) is 46.4 Å². The molecule has 1 atom stereocenters. The van der Waals surface area contributed by atoms with Crippen LogP contribution in [0.5, 0.6) is 0 Å². The van der Waals surface area contributed by atoms with Gasteiger partial charge in [0.1, 0.15) is 17.6 Å². The third-order valence-electron chi connectivity index (χ3n) is 2.35. The summed E-state index contributed by atoms with van der Waals surface area (Å²) in [6.07, 6.45) is 0.690. The zero-order valence-corrected chi connectivity index (χ0v) is 15.0. The van der Waals surface area contributed by atoms with E-state index in [1.807, 2.05) is 34.6 Å². The predicted octanol–water partition coefficient (Wildman–Crippen LogP) is 3.81. The topological polar surface area (TPSA) is 76.1 Å². The number of halogens is 2. The van der Waals surface area contributed by atoms with Crippen LogP contribution in [0.1, 0.15) is 34.6 Å². The number of hydrogen-bond donors (Lipinski definition) is 2. The Bertz CT molecular complexity index is 505. The van der Waals surface area contributed by atoms with E-state index in [9.17, 15) is 4.79 Å². The molecule has 2 N–H and O–H groups in total. The molecule has 1 aromatic rings. The smallest absolute Gasteiger partial charge is 0.409 e. The van der Waals surface area contributed by atoms with E-state index < -0.39 is 11.7 Å². The van der Waals surface area contributed by atoms with E-state index in [1.165, 1.54) is 0 Å². The molecule has 1 heterocycles. The summed E-state index contributed by atoms with van der Waals surface area (Å²) in [5, 5.41) is 6.01. The van der Waals surface area contributed by atoms with Gasteiger partial charge < -0.3 is 15.4 Å². The Morgan fingerprint density at radius 1 is 1.43 bits per heavy atom. The Hall–Kier alpha value is -1.08. The Balaban J connectivity index is 2.79. The third kappa shape index (κ3) is 6.48. The van der Waals surface area contributed by atoms with E-state index in [0.29, 0.717) is 10.3 Å². The first-order chi connectivity index (χ1) is 9.58. The zero-order valence-electron chi connectivity index (χ0n) is 12.7. The van der Waals surface area contributed by atoms with E-state index in [-0.39, 0.29) is 17.4 Å². The maximum absolute atomic E-state index is 11.9. The van der Waals surface area contributed by atoms with E-state index in [1.54, 1.807) is 6.20 Å². The normalized spacial score (nSPS) is 13.0. The van der Waals surface area contributed by atoms with Crippen molar-refractivity contribution >= 4 is 39.4 Å². The van der Waals surface area contributed by atoms with Gasteiger partial charge in [0.15, 0.2) is 0 Å². The average Bonchev–Trinajstić information content (AvgIpc) is 2.30. The van der Waals surface area contributed by atoms with Gasteiger partial charge in [-0.3, -0.25) is 0 Å². The predicted molar refractivity (Wildman–Crippen MR) is 86.4 cm³/mol. The second kappa shape index (κ2) is 7.26. The van der Waals surface area contributed by atoms with Crippen molar-refractivity contribution < 1.29 is 9.53 Å². The number of hydrogen-bond acceptors (Lipinski definition) is 5. The van der Waals surface area contributed by atoms with Crippen LogP contribution in [-0.2, 0) is 4.74 Å². The lowest BCUT2D eigenvalue weighted by Crippen LogP contribution is -2.46. The van der Waals surface area contributed by atoms with Gasteiger partial charge in [-0.25, -0.2) is 9.78 Å². The summed E-state index contributed by atoms with van der Waals surface area (Å²) in [7, 11) is 0. The van der Waals surface area contributed by atoms with Crippen LogP contribution < -0.4 is 10.6 Å². The molecule has 0 saturated carbocycles. The molecule has 21 heavy (non-hydrogen) atoms. The second-order valence-corrected chi connectivity index (χ2v) is 7.04. The fraction of sp³-hybridized carbons (Fsp3) is 0.615. The van der Waals surface area contributed by atoms with Gasteiger partial charge in [0.05, 0.1) is 4.47 Å². The molecule has 8 heteroatoms. The minimum Gasteiger partial charge on any atom is -0.444 e. The Morgan fingerprint density at radius 3 is 2.57 bits per heavy atom. The van der Waals surface area contributed by atoms with Gasteiger partial charge in [-0.1, -0.05) is 13.8 Å². The highest BCUT2D eigenvalue weighted by Gasteiger charge is 2.22. The zero-order chi connectivity index (χ0) is 16.2. The first-order valence-electron chi connectivity index (χ1n) is 6.52. The third-order valence-corrected chi connectivity index (χ3v) is 3.11. The maximum Gasteiger partial charge on any atom is 0.409 e. The van der Waals surface area contributed by atoms with Crippen LogP contribution in [0, 0.1) is 5.92 Å². The number of carbonyl (C=O) groups excluding carboxylic acids is 1. The number of carbonyl (C=O) groups is 1. The van der Waals surface area contributed by atoms with Crippen molar-refractivity contribution in [2.24, 2.45) is 5.92 Å². The van der Waals surface area contributed by atoms with Crippen LogP contribution >= 0.6 is 27.5 Å². The van der Waals surface area contributed by atoms with Gasteiger partial charge in [0.2, 0.25) is 5.28 Å². The quantitative estimate of drug-likeness (QED) is 0.614. The van der Waals surface area contributed by atoms with Gasteiger partial charge in [0.25, 0.3) is 0 Å². The minimum absolute atomic E-state index is 0.109. The van der Waals surface area contributed by atoms with Gasteiger partial charge >= 0.3 is 6.09 Å². The molecule has 0 fully saturated rings. The lowest BCUT2D eigenvalue weighted by molar-refractivity contribution is 0.0498. The van der Waals surface area contributed by atoms with Crippen LogP contribution in [0.3, 0.4) is 0 Å². The standard InChI is InChI=1S/C13H20BrClN4O2/c1-7(2)9(19-12(20)21-13(3,4)5)17-10-8(14)6-16-11(15)18-10/h6-7,9H,1-5H3,(H,19,20)(H,16,17,18). The number of rotatable bonds is 4. The Kier molecular flexibility index (Phi) is 6.22. The molecule has 1 rings (SSSR count). The number of amides is 1. The lowest BCUT2D eigenvalue weighted by atomic mass is 10.1. The average molecular weight is 380 g/mol. The highest BCUT2D eigenvalue weighted by Crippen LogP contribution is 2.22. The van der Waals surface area contributed by atoms with Crippen molar-refractivity contribution in [2.75, 3.05) is 5.32 Å². The van der Waals surface area contributed by atoms with Crippen LogP contribution in [0.2, 0.25) is 5.28 Å². The molecule has 0 aliphatic rings. The molecule has 0 aromatic carbocycles. The molecule has 1 unspecified atom stereocenters. The number of ether oxygens (including phenoxy) is 1. The number of alkyl carbamates (subject to hydrolysis) is 1. The van der Waals surface area contributed by atoms with E-state index in [4.69, 9.17) is 16.3 Å². The molecule has 0 aliphatic carbocycles. The molecule has 0 bridgehead atoms. The van der Waals surface area contributed by atoms with Crippen LogP contribution in [0.4, 0.5) is 10.6 Å². The summed E-state index contributed by atoms with van der Waals surface area (Å²) >= 11 is 9.11. The van der Waals surface area contributed by atoms with Crippen molar-refractivity contribution in [1.29, 1.82) is 0 Å². The van der Waals surface area contributed by atoms with Crippen LogP contribution in [-0.4, -0.2) is 27.8 Å². The summed E-state index contributed by atoms with van der Waals surface area (Å²) in [6.45, 7) is 9.36. The van der Waals surface area contributed by atoms with Crippen LogP contribution in [0.15, 0.2) is 10.7 Å². The molecule has 118 valence electrons. The molecule has 1 aromatic heterocycles. The number of aromatic nitrogens is 2. The van der Waals surface area contributed by atoms with E-state index in [2.05, 4.69) is 36.5 Å². The maximum atomic E-state index is 11.9. The summed E-state index contributed by atoms with van der Waals surface area (Å²) in [4.78, 5) is 19.8. The second-order valence-electron chi connectivity index (χ2n) is 5.85. The molecule has 0 spiro atoms. The summed E-state index contributed by atoms with van der Waals surface area (Å²) in [6, 6.07) is 0. The van der Waals surface area contributed by atoms with Gasteiger partial charge in [-0.2, -0.15) is 4.98 Å². The molecule has 0 saturated heterocycles. The Labute approximate surface area is 138 Å². The first-order valence-corrected chi connectivity index (χ1v) is 7.69. The van der Waals surface area contributed by atoms with Gasteiger partial charge in [-0.05, 0) is 54.2 Å². The summed E-state index contributed by atoms with van der Waals surface area (Å²) < 4.78 is 5.91. The SMILES string of the molecule is CC(C)C(NC(=O)OC(C)(C)C)Nc1nc(Cl)ncc1Br. The molecule has 0 radical (unpaired) electrons. The number of anilines is 1. The number of nitrogens with one attached hydrogen (secondary N) is 2. The van der Waals surface area contributed by atoms with Gasteiger partial charge in [0, 0.05) is 6.20 Å². The molecule has 0 aliphatic heterocycles. The van der Waals surface area contributed by atoms with E-state index >= 15 is 0 Å². The van der Waals surface area contributed by atoms with E-state index in [0.717, 1.165) is 0 Å². The van der Waals surface area contributed by atoms with Crippen molar-refractivity contribution in [3.63, 3.8) is 0 Å². The van der Waals surface area contributed by atoms with Crippen molar-refractivity contribution in [3.8, 4) is 0 Å². The van der Waals surface area contributed by atoms with Crippen molar-refractivity contribution in [3.05, 3.63) is 16.0 Å². The summed E-state index contributed by atoms with van der Waals surface area (Å²) in [5.41, 5.74) is -0.551. The van der Waals surface area contributed by atoms with Crippen LogP contribution in [0.25, 0.3) is 0 Å². The fourth-order valence-electron chi connectivity index (χ4n) is 1.40. The highest BCUT2D eigenvalue weighted by atomic mass is 79.9. The summed E-state index contributed by atoms with van der Waals surface area (Å²) in [5.74, 6) is 0.614. The monoisotopic (exact) mass is 378 g/mol. The van der Waals surface area contributed by atoms with Gasteiger partial charge in [-0.15, -0.1) is 0 Å². The Morgan fingerprint density at radius 2 is 2.05 bits per heavy atom. The lowest BCUT2D eigenvalue weighted by Gasteiger charge is -2.27. The fourth-order valence-corrected chi connectivity index (χ4v) is 1.84. The first kappa shape index (κ1) is 18.0. The highest BCUT2D eigenvalue weighted by molar-refractivity contribution is 9.10.